The minimum atomic E-state index is -3.93. The molecule has 2 atom stereocenters. The summed E-state index contributed by atoms with van der Waals surface area (Å²) in [6, 6.07) is 3.85. The summed E-state index contributed by atoms with van der Waals surface area (Å²) in [6.07, 6.45) is -1.35. The molecule has 1 saturated heterocycles. The summed E-state index contributed by atoms with van der Waals surface area (Å²) in [5.41, 5.74) is 4.22. The number of carbonyl (C=O) groups is 2. The summed E-state index contributed by atoms with van der Waals surface area (Å²) in [4.78, 5) is 23.2. The first-order valence-electron chi connectivity index (χ1n) is 8.33. The third-order valence-electron chi connectivity index (χ3n) is 3.75. The predicted molar refractivity (Wildman–Crippen MR) is 97.8 cm³/mol. The molecule has 1 aromatic carbocycles. The molecule has 0 radical (unpaired) electrons. The second kappa shape index (κ2) is 8.87. The van der Waals surface area contributed by atoms with Crippen LogP contribution in [0.4, 0.5) is 4.79 Å². The highest BCUT2D eigenvalue weighted by Crippen LogP contribution is 2.28. The normalized spacial score (nSPS) is 20.7. The molecular weight excluding hydrogens is 398 g/mol. The van der Waals surface area contributed by atoms with Gasteiger partial charge in [0.15, 0.2) is 0 Å². The quantitative estimate of drug-likeness (QED) is 0.715. The van der Waals surface area contributed by atoms with Crippen molar-refractivity contribution < 1.29 is 27.5 Å². The van der Waals surface area contributed by atoms with E-state index >= 15 is 0 Å². The summed E-state index contributed by atoms with van der Waals surface area (Å²) < 4.78 is 37.4. The van der Waals surface area contributed by atoms with Crippen LogP contribution in [-0.4, -0.2) is 56.6 Å². The Hall–Kier alpha value is -1.88. The monoisotopic (exact) mass is 419 g/mol. The minimum Gasteiger partial charge on any atom is -0.449 e. The zero-order valence-corrected chi connectivity index (χ0v) is 16.8. The number of morpholine rings is 1. The molecule has 0 aliphatic carbocycles. The van der Waals surface area contributed by atoms with Gasteiger partial charge in [-0.1, -0.05) is 11.6 Å². The van der Waals surface area contributed by atoms with Gasteiger partial charge in [-0.25, -0.2) is 18.6 Å². The SMILES string of the molecule is CCOC(=O)NNC(=O)c1ccc(Cl)c(S(=O)(=O)N2CC(C)OC(C)C2)c1. The molecule has 1 fully saturated rings. The molecule has 0 bridgehead atoms. The third kappa shape index (κ3) is 5.32. The second-order valence-electron chi connectivity index (χ2n) is 6.02. The maximum atomic E-state index is 13.0. The van der Waals surface area contributed by atoms with E-state index in [9.17, 15) is 18.0 Å². The van der Waals surface area contributed by atoms with Gasteiger partial charge in [-0.3, -0.25) is 10.2 Å². The lowest BCUT2D eigenvalue weighted by Crippen LogP contribution is -2.48. The molecule has 1 aliphatic rings. The van der Waals surface area contributed by atoms with E-state index in [1.54, 1.807) is 20.8 Å². The van der Waals surface area contributed by atoms with Crippen LogP contribution in [0.5, 0.6) is 0 Å². The Kier molecular flexibility index (Phi) is 7.04. The summed E-state index contributed by atoms with van der Waals surface area (Å²) in [7, 11) is -3.93. The van der Waals surface area contributed by atoms with Crippen molar-refractivity contribution in [3.63, 3.8) is 0 Å². The number of amides is 2. The smallest absolute Gasteiger partial charge is 0.426 e. The van der Waals surface area contributed by atoms with E-state index in [1.165, 1.54) is 22.5 Å². The van der Waals surface area contributed by atoms with Gasteiger partial charge in [-0.2, -0.15) is 4.31 Å². The largest absolute Gasteiger partial charge is 0.449 e. The van der Waals surface area contributed by atoms with Gasteiger partial charge >= 0.3 is 6.09 Å². The number of nitrogens with zero attached hydrogens (tertiary/aromatic N) is 1. The number of carbonyl (C=O) groups excluding carboxylic acids is 2. The van der Waals surface area contributed by atoms with Gasteiger partial charge in [0.2, 0.25) is 10.0 Å². The van der Waals surface area contributed by atoms with Gasteiger partial charge in [-0.05, 0) is 39.0 Å². The van der Waals surface area contributed by atoms with Crippen molar-refractivity contribution in [2.24, 2.45) is 0 Å². The van der Waals surface area contributed by atoms with Crippen molar-refractivity contribution in [1.29, 1.82) is 0 Å². The molecule has 2 rings (SSSR count). The number of benzene rings is 1. The number of ether oxygens (including phenoxy) is 2. The Labute approximate surface area is 163 Å². The van der Waals surface area contributed by atoms with Gasteiger partial charge in [0.1, 0.15) is 4.90 Å². The Morgan fingerprint density at radius 3 is 2.48 bits per heavy atom. The molecule has 1 heterocycles. The van der Waals surface area contributed by atoms with Gasteiger partial charge < -0.3 is 9.47 Å². The molecule has 1 aliphatic heterocycles. The summed E-state index contributed by atoms with van der Waals surface area (Å²) in [6.45, 7) is 5.69. The highest BCUT2D eigenvalue weighted by Gasteiger charge is 2.33. The third-order valence-corrected chi connectivity index (χ3v) is 6.06. The molecule has 2 N–H and O–H groups in total. The fourth-order valence-electron chi connectivity index (χ4n) is 2.66. The van der Waals surface area contributed by atoms with Crippen LogP contribution in [0, 0.1) is 0 Å². The Balaban J connectivity index is 2.23. The maximum Gasteiger partial charge on any atom is 0.426 e. The lowest BCUT2D eigenvalue weighted by Gasteiger charge is -2.34. The van der Waals surface area contributed by atoms with Crippen LogP contribution in [0.15, 0.2) is 23.1 Å². The van der Waals surface area contributed by atoms with E-state index in [-0.39, 0.29) is 47.4 Å². The summed E-state index contributed by atoms with van der Waals surface area (Å²) >= 11 is 6.09. The van der Waals surface area contributed by atoms with E-state index < -0.39 is 22.0 Å². The van der Waals surface area contributed by atoms with Crippen molar-refractivity contribution >= 4 is 33.6 Å². The number of halogens is 1. The topological polar surface area (TPSA) is 114 Å². The summed E-state index contributed by atoms with van der Waals surface area (Å²) in [5.74, 6) is -0.708. The number of hydrogen-bond acceptors (Lipinski definition) is 6. The minimum absolute atomic E-state index is 0.00306. The molecule has 9 nitrogen and oxygen atoms in total. The molecular formula is C16H22ClN3O6S. The first-order chi connectivity index (χ1) is 12.6. The molecule has 2 unspecified atom stereocenters. The number of hydrogen-bond donors (Lipinski definition) is 2. The van der Waals surface area contributed by atoms with Crippen molar-refractivity contribution in [2.75, 3.05) is 19.7 Å². The van der Waals surface area contributed by atoms with Gasteiger partial charge in [0.25, 0.3) is 5.91 Å². The Morgan fingerprint density at radius 1 is 1.26 bits per heavy atom. The highest BCUT2D eigenvalue weighted by atomic mass is 35.5. The molecule has 27 heavy (non-hydrogen) atoms. The molecule has 1 aromatic rings. The molecule has 0 aromatic heterocycles. The van der Waals surface area contributed by atoms with Crippen LogP contribution in [0.1, 0.15) is 31.1 Å². The van der Waals surface area contributed by atoms with Crippen LogP contribution >= 0.6 is 11.6 Å². The summed E-state index contributed by atoms with van der Waals surface area (Å²) in [5, 5.41) is -0.00306. The zero-order chi connectivity index (χ0) is 20.2. The average Bonchev–Trinajstić information content (AvgIpc) is 2.59. The van der Waals surface area contributed by atoms with E-state index in [1.807, 2.05) is 0 Å². The van der Waals surface area contributed by atoms with Crippen LogP contribution in [0.25, 0.3) is 0 Å². The number of sulfonamides is 1. The number of nitrogens with one attached hydrogen (secondary N) is 2. The molecule has 11 heteroatoms. The first kappa shape index (κ1) is 21.4. The number of hydrazine groups is 1. The van der Waals surface area contributed by atoms with Crippen LogP contribution in [-0.2, 0) is 19.5 Å². The van der Waals surface area contributed by atoms with Crippen molar-refractivity contribution in [2.45, 2.75) is 37.9 Å². The average molecular weight is 420 g/mol. The highest BCUT2D eigenvalue weighted by molar-refractivity contribution is 7.89. The lowest BCUT2D eigenvalue weighted by atomic mass is 10.2. The Morgan fingerprint density at radius 2 is 1.89 bits per heavy atom. The fourth-order valence-corrected chi connectivity index (χ4v) is 4.75. The van der Waals surface area contributed by atoms with Gasteiger partial charge in [0.05, 0.1) is 23.8 Å². The van der Waals surface area contributed by atoms with Crippen molar-refractivity contribution in [3.8, 4) is 0 Å². The van der Waals surface area contributed by atoms with Crippen molar-refractivity contribution in [1.82, 2.24) is 15.2 Å². The van der Waals surface area contributed by atoms with Gasteiger partial charge in [-0.15, -0.1) is 0 Å². The first-order valence-corrected chi connectivity index (χ1v) is 10.1. The zero-order valence-electron chi connectivity index (χ0n) is 15.2. The van der Waals surface area contributed by atoms with Gasteiger partial charge in [0, 0.05) is 18.7 Å². The van der Waals surface area contributed by atoms with E-state index in [2.05, 4.69) is 15.6 Å². The van der Waals surface area contributed by atoms with Crippen LogP contribution in [0.3, 0.4) is 0 Å². The second-order valence-corrected chi connectivity index (χ2v) is 8.34. The van der Waals surface area contributed by atoms with E-state index in [4.69, 9.17) is 16.3 Å². The fraction of sp³-hybridized carbons (Fsp3) is 0.500. The maximum absolute atomic E-state index is 13.0. The van der Waals surface area contributed by atoms with Crippen molar-refractivity contribution in [3.05, 3.63) is 28.8 Å². The van der Waals surface area contributed by atoms with E-state index in [0.29, 0.717) is 0 Å². The standard InChI is InChI=1S/C16H22ClN3O6S/c1-4-25-16(22)19-18-15(21)12-5-6-13(17)14(7-12)27(23,24)20-8-10(2)26-11(3)9-20/h5-7,10-11H,4,8-9H2,1-3H3,(H,18,21)(H,19,22). The number of rotatable bonds is 4. The van der Waals surface area contributed by atoms with Crippen LogP contribution in [0.2, 0.25) is 5.02 Å². The Bertz CT molecular complexity index is 806. The molecule has 150 valence electrons. The van der Waals surface area contributed by atoms with E-state index in [0.717, 1.165) is 0 Å². The lowest BCUT2D eigenvalue weighted by molar-refractivity contribution is -0.0440. The molecule has 0 saturated carbocycles. The predicted octanol–water partition coefficient (Wildman–Crippen LogP) is 1.53. The van der Waals surface area contributed by atoms with Crippen LogP contribution < -0.4 is 10.9 Å². The molecule has 2 amide bonds. The molecule has 0 spiro atoms.